The lowest BCUT2D eigenvalue weighted by atomic mass is 9.98. The van der Waals surface area contributed by atoms with Crippen molar-refractivity contribution in [3.63, 3.8) is 0 Å². The fraction of sp³-hybridized carbons (Fsp3) is 0.900. The second-order valence-electron chi connectivity index (χ2n) is 4.80. The van der Waals surface area contributed by atoms with E-state index < -0.39 is 21.5 Å². The van der Waals surface area contributed by atoms with Gasteiger partial charge in [-0.25, -0.2) is 8.42 Å². The van der Waals surface area contributed by atoms with Gasteiger partial charge < -0.3 is 5.11 Å². The van der Waals surface area contributed by atoms with E-state index in [1.807, 2.05) is 0 Å². The fourth-order valence-electron chi connectivity index (χ4n) is 2.01. The van der Waals surface area contributed by atoms with E-state index in [-0.39, 0.29) is 12.2 Å². The van der Waals surface area contributed by atoms with Gasteiger partial charge in [-0.2, -0.15) is 4.31 Å². The first-order valence-corrected chi connectivity index (χ1v) is 7.09. The van der Waals surface area contributed by atoms with Gasteiger partial charge in [0.2, 0.25) is 10.0 Å². The SMILES string of the molecule is CC(C)(CCC(=O)O)N1CCCCS1(=O)=O. The van der Waals surface area contributed by atoms with Crippen molar-refractivity contribution in [2.24, 2.45) is 0 Å². The van der Waals surface area contributed by atoms with Crippen LogP contribution in [0.25, 0.3) is 0 Å². The standard InChI is InChI=1S/C10H19NO4S/c1-10(2,6-5-9(12)13)11-7-3-4-8-16(11,14)15/h3-8H2,1-2H3,(H,12,13). The van der Waals surface area contributed by atoms with Crippen LogP contribution in [0.1, 0.15) is 39.5 Å². The predicted molar refractivity (Wildman–Crippen MR) is 60.7 cm³/mol. The number of rotatable bonds is 4. The van der Waals surface area contributed by atoms with Crippen molar-refractivity contribution < 1.29 is 18.3 Å². The zero-order valence-electron chi connectivity index (χ0n) is 9.77. The monoisotopic (exact) mass is 249 g/mol. The molecule has 0 spiro atoms. The van der Waals surface area contributed by atoms with E-state index in [1.165, 1.54) is 4.31 Å². The summed E-state index contributed by atoms with van der Waals surface area (Å²) in [6.07, 6.45) is 1.91. The van der Waals surface area contributed by atoms with E-state index in [9.17, 15) is 13.2 Å². The van der Waals surface area contributed by atoms with Gasteiger partial charge in [-0.1, -0.05) is 0 Å². The third-order valence-electron chi connectivity index (χ3n) is 2.98. The highest BCUT2D eigenvalue weighted by Gasteiger charge is 2.37. The van der Waals surface area contributed by atoms with Crippen molar-refractivity contribution >= 4 is 16.0 Å². The molecule has 1 N–H and O–H groups in total. The smallest absolute Gasteiger partial charge is 0.303 e. The molecule has 0 amide bonds. The summed E-state index contributed by atoms with van der Waals surface area (Å²) >= 11 is 0. The van der Waals surface area contributed by atoms with Gasteiger partial charge in [-0.3, -0.25) is 4.79 Å². The summed E-state index contributed by atoms with van der Waals surface area (Å²) in [4.78, 5) is 10.5. The summed E-state index contributed by atoms with van der Waals surface area (Å²) in [6, 6.07) is 0. The zero-order chi connectivity index (χ0) is 12.4. The summed E-state index contributed by atoms with van der Waals surface area (Å²) in [5.74, 6) is -0.703. The molecule has 1 fully saturated rings. The lowest BCUT2D eigenvalue weighted by molar-refractivity contribution is -0.137. The summed E-state index contributed by atoms with van der Waals surface area (Å²) in [7, 11) is -3.19. The van der Waals surface area contributed by atoms with E-state index in [2.05, 4.69) is 0 Å². The molecule has 1 saturated heterocycles. The van der Waals surface area contributed by atoms with Crippen LogP contribution in [-0.4, -0.2) is 41.6 Å². The van der Waals surface area contributed by atoms with Crippen molar-refractivity contribution in [2.45, 2.75) is 45.1 Å². The van der Waals surface area contributed by atoms with Crippen molar-refractivity contribution in [1.82, 2.24) is 4.31 Å². The number of carboxylic acids is 1. The molecule has 94 valence electrons. The Morgan fingerprint density at radius 2 is 2.00 bits per heavy atom. The first-order valence-electron chi connectivity index (χ1n) is 5.48. The molecule has 0 aromatic rings. The molecule has 1 aliphatic rings. The van der Waals surface area contributed by atoms with Crippen LogP contribution in [0.4, 0.5) is 0 Å². The zero-order valence-corrected chi connectivity index (χ0v) is 10.6. The summed E-state index contributed by atoms with van der Waals surface area (Å²) in [6.45, 7) is 4.09. The Balaban J connectivity index is 2.76. The normalized spacial score (nSPS) is 21.9. The molecule has 0 radical (unpaired) electrons. The Morgan fingerprint density at radius 1 is 1.38 bits per heavy atom. The van der Waals surface area contributed by atoms with Crippen molar-refractivity contribution in [2.75, 3.05) is 12.3 Å². The highest BCUT2D eigenvalue weighted by atomic mass is 32.2. The third-order valence-corrected chi connectivity index (χ3v) is 5.13. The summed E-state index contributed by atoms with van der Waals surface area (Å²) in [5, 5.41) is 8.64. The molecular weight excluding hydrogens is 230 g/mol. The second-order valence-corrected chi connectivity index (χ2v) is 6.81. The van der Waals surface area contributed by atoms with E-state index in [0.717, 1.165) is 6.42 Å². The minimum atomic E-state index is -3.19. The van der Waals surface area contributed by atoms with Crippen LogP contribution in [-0.2, 0) is 14.8 Å². The number of aliphatic carboxylic acids is 1. The minimum absolute atomic E-state index is 0.000972. The average molecular weight is 249 g/mol. The molecule has 0 unspecified atom stereocenters. The van der Waals surface area contributed by atoms with Crippen LogP contribution in [0.2, 0.25) is 0 Å². The maximum Gasteiger partial charge on any atom is 0.303 e. The van der Waals surface area contributed by atoms with Gasteiger partial charge in [0.15, 0.2) is 0 Å². The van der Waals surface area contributed by atoms with Gasteiger partial charge >= 0.3 is 5.97 Å². The fourth-order valence-corrected chi connectivity index (χ4v) is 4.05. The first-order chi connectivity index (χ1) is 7.26. The van der Waals surface area contributed by atoms with Crippen molar-refractivity contribution in [3.05, 3.63) is 0 Å². The molecule has 1 heterocycles. The molecule has 1 aliphatic heterocycles. The number of hydrogen-bond acceptors (Lipinski definition) is 3. The lowest BCUT2D eigenvalue weighted by Gasteiger charge is -2.39. The first kappa shape index (κ1) is 13.4. The topological polar surface area (TPSA) is 74.7 Å². The molecule has 6 heteroatoms. The van der Waals surface area contributed by atoms with Crippen LogP contribution in [0.15, 0.2) is 0 Å². The molecular formula is C10H19NO4S. The van der Waals surface area contributed by atoms with Gasteiger partial charge in [0, 0.05) is 18.5 Å². The Kier molecular flexibility index (Phi) is 3.96. The molecule has 0 aliphatic carbocycles. The molecule has 0 aromatic heterocycles. The Morgan fingerprint density at radius 3 is 2.50 bits per heavy atom. The molecule has 0 saturated carbocycles. The quantitative estimate of drug-likeness (QED) is 0.808. The van der Waals surface area contributed by atoms with Crippen LogP contribution in [0, 0.1) is 0 Å². The Hall–Kier alpha value is -0.620. The predicted octanol–water partition coefficient (Wildman–Crippen LogP) is 1.06. The van der Waals surface area contributed by atoms with Crippen LogP contribution in [0.3, 0.4) is 0 Å². The Labute approximate surface area is 96.5 Å². The number of sulfonamides is 1. The minimum Gasteiger partial charge on any atom is -0.481 e. The molecule has 0 atom stereocenters. The number of carbonyl (C=O) groups is 1. The molecule has 5 nitrogen and oxygen atoms in total. The Bertz CT molecular complexity index is 361. The third kappa shape index (κ3) is 3.18. The van der Waals surface area contributed by atoms with Crippen LogP contribution >= 0.6 is 0 Å². The van der Waals surface area contributed by atoms with Crippen LogP contribution in [0.5, 0.6) is 0 Å². The maximum atomic E-state index is 11.9. The van der Waals surface area contributed by atoms with Gasteiger partial charge in [0.1, 0.15) is 0 Å². The van der Waals surface area contributed by atoms with Gasteiger partial charge in [-0.05, 0) is 33.1 Å². The number of hydrogen-bond donors (Lipinski definition) is 1. The molecule has 0 bridgehead atoms. The summed E-state index contributed by atoms with van der Waals surface area (Å²) in [5.41, 5.74) is -0.600. The average Bonchev–Trinajstić information content (AvgIpc) is 2.14. The van der Waals surface area contributed by atoms with Crippen molar-refractivity contribution in [3.8, 4) is 0 Å². The van der Waals surface area contributed by atoms with Gasteiger partial charge in [0.25, 0.3) is 0 Å². The molecule has 16 heavy (non-hydrogen) atoms. The largest absolute Gasteiger partial charge is 0.481 e. The second kappa shape index (κ2) is 4.71. The summed E-state index contributed by atoms with van der Waals surface area (Å²) < 4.78 is 25.2. The highest BCUT2D eigenvalue weighted by molar-refractivity contribution is 7.89. The highest BCUT2D eigenvalue weighted by Crippen LogP contribution is 2.28. The van der Waals surface area contributed by atoms with E-state index in [4.69, 9.17) is 5.11 Å². The number of carboxylic acid groups (broad SMARTS) is 1. The van der Waals surface area contributed by atoms with E-state index in [0.29, 0.717) is 19.4 Å². The van der Waals surface area contributed by atoms with Gasteiger partial charge in [-0.15, -0.1) is 0 Å². The lowest BCUT2D eigenvalue weighted by Crippen LogP contribution is -2.51. The van der Waals surface area contributed by atoms with Gasteiger partial charge in [0.05, 0.1) is 5.75 Å². The molecule has 0 aromatic carbocycles. The number of nitrogens with zero attached hydrogens (tertiary/aromatic N) is 1. The van der Waals surface area contributed by atoms with E-state index in [1.54, 1.807) is 13.8 Å². The molecule has 1 rings (SSSR count). The van der Waals surface area contributed by atoms with Crippen LogP contribution < -0.4 is 0 Å². The maximum absolute atomic E-state index is 11.9. The van der Waals surface area contributed by atoms with E-state index >= 15 is 0 Å². The van der Waals surface area contributed by atoms with Crippen molar-refractivity contribution in [1.29, 1.82) is 0 Å².